The Morgan fingerprint density at radius 1 is 1.47 bits per heavy atom. The van der Waals surface area contributed by atoms with Gasteiger partial charge in [0.05, 0.1) is 11.8 Å². The summed E-state index contributed by atoms with van der Waals surface area (Å²) in [6.07, 6.45) is 2.56. The van der Waals surface area contributed by atoms with Crippen LogP contribution in [0.3, 0.4) is 0 Å². The molecule has 0 aromatic carbocycles. The molecule has 1 unspecified atom stereocenters. The van der Waals surface area contributed by atoms with Gasteiger partial charge in [-0.15, -0.1) is 0 Å². The third-order valence-corrected chi connectivity index (χ3v) is 5.32. The van der Waals surface area contributed by atoms with Gasteiger partial charge >= 0.3 is 0 Å². The van der Waals surface area contributed by atoms with E-state index in [0.29, 0.717) is 0 Å². The van der Waals surface area contributed by atoms with Gasteiger partial charge in [-0.1, -0.05) is 6.08 Å². The molecule has 0 amide bonds. The van der Waals surface area contributed by atoms with Gasteiger partial charge < -0.3 is 0 Å². The fraction of sp³-hybridized carbons (Fsp3) is 0.200. The van der Waals surface area contributed by atoms with E-state index in [2.05, 4.69) is 9.71 Å². The van der Waals surface area contributed by atoms with Crippen LogP contribution in [0, 0.1) is 11.3 Å². The first kappa shape index (κ1) is 13.7. The van der Waals surface area contributed by atoms with E-state index in [1.165, 1.54) is 24.4 Å². The van der Waals surface area contributed by atoms with Crippen molar-refractivity contribution in [1.29, 1.82) is 5.26 Å². The van der Waals surface area contributed by atoms with Gasteiger partial charge in [-0.25, -0.2) is 26.5 Å². The first-order valence-corrected chi connectivity index (χ1v) is 8.32. The lowest BCUT2D eigenvalue weighted by atomic mass is 10.4. The number of nitriles is 1. The Morgan fingerprint density at radius 3 is 2.79 bits per heavy atom. The van der Waals surface area contributed by atoms with Crippen molar-refractivity contribution in [3.05, 3.63) is 35.5 Å². The summed E-state index contributed by atoms with van der Waals surface area (Å²) in [6.45, 7) is 0. The zero-order valence-electron chi connectivity index (χ0n) is 9.52. The molecule has 0 saturated heterocycles. The zero-order valence-corrected chi connectivity index (χ0v) is 11.1. The second kappa shape index (κ2) is 4.73. The number of nitrogens with zero attached hydrogens (tertiary/aromatic N) is 2. The number of aromatic nitrogens is 1. The Bertz CT molecular complexity index is 775. The lowest BCUT2D eigenvalue weighted by Gasteiger charge is -2.11. The van der Waals surface area contributed by atoms with Crippen molar-refractivity contribution in [3.8, 4) is 6.07 Å². The molecule has 0 saturated carbocycles. The second-order valence-corrected chi connectivity index (χ2v) is 7.46. The number of hydrogen-bond donors (Lipinski definition) is 1. The van der Waals surface area contributed by atoms with Gasteiger partial charge in [0, 0.05) is 11.6 Å². The van der Waals surface area contributed by atoms with Gasteiger partial charge in [-0.3, -0.25) is 0 Å². The maximum Gasteiger partial charge on any atom is 0.244 e. The van der Waals surface area contributed by atoms with E-state index in [9.17, 15) is 16.8 Å². The van der Waals surface area contributed by atoms with Gasteiger partial charge in [0.15, 0.2) is 15.5 Å². The average molecular weight is 299 g/mol. The van der Waals surface area contributed by atoms with E-state index in [1.807, 2.05) is 0 Å². The van der Waals surface area contributed by atoms with Crippen molar-refractivity contribution < 1.29 is 16.8 Å². The Hall–Kier alpha value is -1.76. The molecule has 100 valence electrons. The summed E-state index contributed by atoms with van der Waals surface area (Å²) in [5.74, 6) is -0.325. The van der Waals surface area contributed by atoms with Crippen LogP contribution in [0.5, 0.6) is 0 Å². The van der Waals surface area contributed by atoms with Crippen molar-refractivity contribution in [2.75, 3.05) is 5.75 Å². The van der Waals surface area contributed by atoms with Crippen molar-refractivity contribution in [3.63, 3.8) is 0 Å². The van der Waals surface area contributed by atoms with E-state index in [1.54, 1.807) is 6.07 Å². The molecule has 0 spiro atoms. The van der Waals surface area contributed by atoms with E-state index < -0.39 is 25.9 Å². The molecular weight excluding hydrogens is 290 g/mol. The molecule has 2 rings (SSSR count). The molecule has 0 fully saturated rings. The lowest BCUT2D eigenvalue weighted by Crippen LogP contribution is -2.35. The van der Waals surface area contributed by atoms with Crippen LogP contribution in [0.25, 0.3) is 0 Å². The Morgan fingerprint density at radius 2 is 2.21 bits per heavy atom. The SMILES string of the molecule is N#Cc1ncccc1S(=O)(=O)NC1C=CS(=O)(=O)C1. The maximum atomic E-state index is 12.0. The third-order valence-electron chi connectivity index (χ3n) is 2.40. The summed E-state index contributed by atoms with van der Waals surface area (Å²) in [7, 11) is -7.34. The summed E-state index contributed by atoms with van der Waals surface area (Å²) in [5, 5.41) is 9.78. The topological polar surface area (TPSA) is 117 Å². The van der Waals surface area contributed by atoms with Gasteiger partial charge in [-0.2, -0.15) is 5.26 Å². The van der Waals surface area contributed by atoms with Gasteiger partial charge in [0.2, 0.25) is 10.0 Å². The van der Waals surface area contributed by atoms with Crippen LogP contribution in [0.4, 0.5) is 0 Å². The Labute approximate surface area is 110 Å². The highest BCUT2D eigenvalue weighted by molar-refractivity contribution is 7.94. The molecular formula is C10H9N3O4S2. The highest BCUT2D eigenvalue weighted by Gasteiger charge is 2.28. The molecule has 9 heteroatoms. The summed E-state index contributed by atoms with van der Waals surface area (Å²) in [5.41, 5.74) is -0.236. The van der Waals surface area contributed by atoms with E-state index >= 15 is 0 Å². The number of sulfone groups is 1. The number of pyridine rings is 1. The van der Waals surface area contributed by atoms with Gasteiger partial charge in [-0.05, 0) is 12.1 Å². The van der Waals surface area contributed by atoms with Crippen LogP contribution in [0.15, 0.2) is 34.7 Å². The smallest absolute Gasteiger partial charge is 0.244 e. The van der Waals surface area contributed by atoms with Crippen molar-refractivity contribution in [2.24, 2.45) is 0 Å². The first-order valence-electron chi connectivity index (χ1n) is 5.12. The molecule has 1 aliphatic rings. The molecule has 1 atom stereocenters. The quantitative estimate of drug-likeness (QED) is 0.807. The standard InChI is InChI=1S/C10H9N3O4S2/c11-6-9-10(2-1-4-12-9)19(16,17)13-8-3-5-18(14,15)7-8/h1-5,8,13H,7H2. The normalized spacial score (nSPS) is 21.1. The molecule has 7 nitrogen and oxygen atoms in total. The van der Waals surface area contributed by atoms with Crippen molar-refractivity contribution >= 4 is 19.9 Å². The molecule has 1 aliphatic heterocycles. The van der Waals surface area contributed by atoms with Crippen LogP contribution in [-0.2, 0) is 19.9 Å². The average Bonchev–Trinajstić information content (AvgIpc) is 2.67. The highest BCUT2D eigenvalue weighted by Crippen LogP contribution is 2.15. The third kappa shape index (κ3) is 2.98. The number of sulfonamides is 1. The zero-order chi connectivity index (χ0) is 14.1. The van der Waals surface area contributed by atoms with E-state index in [4.69, 9.17) is 5.26 Å². The Kier molecular flexibility index (Phi) is 3.40. The molecule has 1 aromatic heterocycles. The van der Waals surface area contributed by atoms with Crippen LogP contribution < -0.4 is 4.72 Å². The molecule has 0 aliphatic carbocycles. The minimum atomic E-state index is -3.99. The lowest BCUT2D eigenvalue weighted by molar-refractivity contribution is 0.574. The second-order valence-electron chi connectivity index (χ2n) is 3.85. The molecule has 0 radical (unpaired) electrons. The summed E-state index contributed by atoms with van der Waals surface area (Å²) >= 11 is 0. The number of rotatable bonds is 3. The van der Waals surface area contributed by atoms with E-state index in [-0.39, 0.29) is 16.3 Å². The van der Waals surface area contributed by atoms with Gasteiger partial charge in [0.1, 0.15) is 11.0 Å². The largest absolute Gasteiger partial charge is 0.244 e. The minimum absolute atomic E-state index is 0.236. The van der Waals surface area contributed by atoms with Gasteiger partial charge in [0.25, 0.3) is 0 Å². The van der Waals surface area contributed by atoms with Crippen LogP contribution in [-0.4, -0.2) is 33.6 Å². The van der Waals surface area contributed by atoms with Crippen molar-refractivity contribution in [2.45, 2.75) is 10.9 Å². The first-order chi connectivity index (χ1) is 8.84. The fourth-order valence-corrected chi connectivity index (χ4v) is 4.24. The molecule has 1 N–H and O–H groups in total. The van der Waals surface area contributed by atoms with Crippen LogP contribution >= 0.6 is 0 Å². The monoisotopic (exact) mass is 299 g/mol. The predicted molar refractivity (Wildman–Crippen MR) is 66.0 cm³/mol. The van der Waals surface area contributed by atoms with Crippen molar-refractivity contribution in [1.82, 2.24) is 9.71 Å². The number of hydrogen-bond acceptors (Lipinski definition) is 6. The summed E-state index contributed by atoms with van der Waals surface area (Å²) < 4.78 is 48.7. The maximum absolute atomic E-state index is 12.0. The van der Waals surface area contributed by atoms with Crippen LogP contribution in [0.1, 0.15) is 5.69 Å². The Balaban J connectivity index is 2.30. The predicted octanol–water partition coefficient (Wildman–Crippen LogP) is -0.458. The fourth-order valence-electron chi connectivity index (χ4n) is 1.60. The molecule has 2 heterocycles. The molecule has 0 bridgehead atoms. The summed E-state index contributed by atoms with van der Waals surface area (Å²) in [4.78, 5) is 3.38. The number of nitrogens with one attached hydrogen (secondary N) is 1. The van der Waals surface area contributed by atoms with E-state index in [0.717, 1.165) is 5.41 Å². The molecule has 19 heavy (non-hydrogen) atoms. The minimum Gasteiger partial charge on any atom is -0.244 e. The highest BCUT2D eigenvalue weighted by atomic mass is 32.2. The summed E-state index contributed by atoms with van der Waals surface area (Å²) in [6, 6.07) is 3.47. The van der Waals surface area contributed by atoms with Crippen LogP contribution in [0.2, 0.25) is 0 Å². The molecule has 1 aromatic rings.